The summed E-state index contributed by atoms with van der Waals surface area (Å²) in [6.45, 7) is 7.35. The molecule has 7 nitrogen and oxygen atoms in total. The van der Waals surface area contributed by atoms with Crippen LogP contribution in [0.3, 0.4) is 0 Å². The van der Waals surface area contributed by atoms with E-state index in [4.69, 9.17) is 8.94 Å². The van der Waals surface area contributed by atoms with E-state index in [1.165, 1.54) is 6.26 Å². The van der Waals surface area contributed by atoms with Gasteiger partial charge in [-0.1, -0.05) is 5.16 Å². The van der Waals surface area contributed by atoms with E-state index in [0.29, 0.717) is 17.9 Å². The first-order chi connectivity index (χ1) is 10.9. The Bertz CT molecular complexity index is 616. The Hall–Kier alpha value is -2.28. The molecule has 0 saturated heterocycles. The zero-order chi connectivity index (χ0) is 17.0. The van der Waals surface area contributed by atoms with Crippen molar-refractivity contribution in [1.82, 2.24) is 15.8 Å². The van der Waals surface area contributed by atoms with Gasteiger partial charge in [-0.3, -0.25) is 0 Å². The number of hydrogen-bond donors (Lipinski definition) is 3. The van der Waals surface area contributed by atoms with Crippen molar-refractivity contribution in [1.29, 1.82) is 0 Å². The summed E-state index contributed by atoms with van der Waals surface area (Å²) in [5.74, 6) is 1.18. The summed E-state index contributed by atoms with van der Waals surface area (Å²) in [5, 5.41) is 19.5. The van der Waals surface area contributed by atoms with Gasteiger partial charge in [-0.15, -0.1) is 0 Å². The van der Waals surface area contributed by atoms with Gasteiger partial charge in [-0.05, 0) is 39.8 Å². The number of rotatable bonds is 6. The summed E-state index contributed by atoms with van der Waals surface area (Å²) in [4.78, 5) is 12.1. The molecule has 2 amide bonds. The average molecular weight is 321 g/mol. The van der Waals surface area contributed by atoms with Crippen LogP contribution in [0.25, 0.3) is 0 Å². The van der Waals surface area contributed by atoms with Crippen molar-refractivity contribution in [2.24, 2.45) is 0 Å². The van der Waals surface area contributed by atoms with Gasteiger partial charge in [-0.25, -0.2) is 4.79 Å². The Kier molecular flexibility index (Phi) is 5.44. The second-order valence-corrected chi connectivity index (χ2v) is 5.75. The smallest absolute Gasteiger partial charge is 0.315 e. The maximum atomic E-state index is 12.1. The van der Waals surface area contributed by atoms with E-state index in [9.17, 15) is 9.90 Å². The largest absolute Gasteiger partial charge is 0.467 e. The summed E-state index contributed by atoms with van der Waals surface area (Å²) in [7, 11) is 0. The molecule has 2 heterocycles. The number of nitrogens with zero attached hydrogens (tertiary/aromatic N) is 1. The second-order valence-electron chi connectivity index (χ2n) is 5.75. The molecule has 2 rings (SSSR count). The predicted molar refractivity (Wildman–Crippen MR) is 83.8 cm³/mol. The van der Waals surface area contributed by atoms with E-state index in [0.717, 1.165) is 11.3 Å². The van der Waals surface area contributed by atoms with Crippen molar-refractivity contribution in [3.05, 3.63) is 41.2 Å². The van der Waals surface area contributed by atoms with Crippen molar-refractivity contribution in [3.63, 3.8) is 0 Å². The number of amides is 2. The highest BCUT2D eigenvalue weighted by molar-refractivity contribution is 5.74. The summed E-state index contributed by atoms with van der Waals surface area (Å²) >= 11 is 0. The van der Waals surface area contributed by atoms with Crippen LogP contribution in [0.15, 0.2) is 27.3 Å². The maximum absolute atomic E-state index is 12.1. The number of aliphatic hydroxyl groups excluding tert-OH is 1. The van der Waals surface area contributed by atoms with Gasteiger partial charge < -0.3 is 24.7 Å². The van der Waals surface area contributed by atoms with Gasteiger partial charge in [0.2, 0.25) is 0 Å². The number of aromatic nitrogens is 1. The zero-order valence-corrected chi connectivity index (χ0v) is 13.8. The molecule has 0 aliphatic carbocycles. The van der Waals surface area contributed by atoms with E-state index >= 15 is 0 Å². The third-order valence-electron chi connectivity index (χ3n) is 3.70. The number of hydrogen-bond acceptors (Lipinski definition) is 5. The molecule has 0 unspecified atom stereocenters. The number of carbonyl (C=O) groups is 1. The number of furan rings is 1. The van der Waals surface area contributed by atoms with Gasteiger partial charge in [0.15, 0.2) is 0 Å². The first-order valence-corrected chi connectivity index (χ1v) is 7.59. The Balaban J connectivity index is 1.84. The quantitative estimate of drug-likeness (QED) is 0.759. The van der Waals surface area contributed by atoms with Crippen molar-refractivity contribution in [2.45, 2.75) is 52.3 Å². The molecule has 0 bridgehead atoms. The van der Waals surface area contributed by atoms with Crippen LogP contribution in [0.5, 0.6) is 0 Å². The molecular weight excluding hydrogens is 298 g/mol. The van der Waals surface area contributed by atoms with E-state index < -0.39 is 6.10 Å². The Morgan fingerprint density at radius 2 is 2.09 bits per heavy atom. The first-order valence-electron chi connectivity index (χ1n) is 7.59. The highest BCUT2D eigenvalue weighted by Gasteiger charge is 2.20. The molecular formula is C16H23N3O4. The third-order valence-corrected chi connectivity index (χ3v) is 3.70. The molecule has 0 aliphatic rings. The Morgan fingerprint density at radius 3 is 2.65 bits per heavy atom. The van der Waals surface area contributed by atoms with Crippen LogP contribution in [0.1, 0.15) is 55.2 Å². The minimum atomic E-state index is -0.750. The van der Waals surface area contributed by atoms with Crippen molar-refractivity contribution in [3.8, 4) is 0 Å². The molecule has 3 N–H and O–H groups in total. The van der Waals surface area contributed by atoms with Crippen LogP contribution >= 0.6 is 0 Å². The van der Waals surface area contributed by atoms with Crippen LogP contribution in [0, 0.1) is 13.8 Å². The summed E-state index contributed by atoms with van der Waals surface area (Å²) in [6.07, 6.45) is 1.12. The van der Waals surface area contributed by atoms with Crippen LogP contribution in [-0.2, 0) is 0 Å². The fourth-order valence-corrected chi connectivity index (χ4v) is 2.63. The number of aliphatic hydroxyl groups is 1. The number of nitrogens with one attached hydrogen (secondary N) is 2. The lowest BCUT2D eigenvalue weighted by atomic mass is 10.1. The monoisotopic (exact) mass is 321 g/mol. The molecule has 3 atom stereocenters. The van der Waals surface area contributed by atoms with Gasteiger partial charge in [-0.2, -0.15) is 0 Å². The van der Waals surface area contributed by atoms with Gasteiger partial charge >= 0.3 is 6.03 Å². The SMILES string of the molecule is Cc1noc(C)c1[C@H](C)NC(=O)N[C@@H](C)C[C@@H](O)c1ccco1. The minimum absolute atomic E-state index is 0.216. The van der Waals surface area contributed by atoms with Gasteiger partial charge in [0.25, 0.3) is 0 Å². The molecule has 0 fully saturated rings. The topological polar surface area (TPSA) is 101 Å². The summed E-state index contributed by atoms with van der Waals surface area (Å²) in [5.41, 5.74) is 1.64. The molecule has 7 heteroatoms. The highest BCUT2D eigenvalue weighted by Crippen LogP contribution is 2.21. The molecule has 23 heavy (non-hydrogen) atoms. The number of urea groups is 1. The predicted octanol–water partition coefficient (Wildman–Crippen LogP) is 2.76. The first kappa shape index (κ1) is 17.1. The van der Waals surface area contributed by atoms with Crippen LogP contribution in [-0.4, -0.2) is 22.3 Å². The fraction of sp³-hybridized carbons (Fsp3) is 0.500. The van der Waals surface area contributed by atoms with Crippen molar-refractivity contribution < 1.29 is 18.8 Å². The van der Waals surface area contributed by atoms with Crippen molar-refractivity contribution in [2.75, 3.05) is 0 Å². The fourth-order valence-electron chi connectivity index (χ4n) is 2.63. The maximum Gasteiger partial charge on any atom is 0.315 e. The highest BCUT2D eigenvalue weighted by atomic mass is 16.5. The van der Waals surface area contributed by atoms with Gasteiger partial charge in [0.05, 0.1) is 18.0 Å². The van der Waals surface area contributed by atoms with Crippen LogP contribution in [0.4, 0.5) is 4.79 Å². The lowest BCUT2D eigenvalue weighted by molar-refractivity contribution is 0.129. The van der Waals surface area contributed by atoms with Crippen LogP contribution < -0.4 is 10.6 Å². The van der Waals surface area contributed by atoms with E-state index in [-0.39, 0.29) is 18.1 Å². The zero-order valence-electron chi connectivity index (χ0n) is 13.8. The van der Waals surface area contributed by atoms with E-state index in [1.807, 2.05) is 27.7 Å². The normalized spacial score (nSPS) is 15.0. The Labute approximate surface area is 135 Å². The number of aryl methyl sites for hydroxylation is 2. The lowest BCUT2D eigenvalue weighted by Gasteiger charge is -2.19. The minimum Gasteiger partial charge on any atom is -0.467 e. The molecule has 2 aromatic heterocycles. The molecule has 126 valence electrons. The third kappa shape index (κ3) is 4.35. The van der Waals surface area contributed by atoms with Gasteiger partial charge in [0.1, 0.15) is 17.6 Å². The molecule has 2 aromatic rings. The summed E-state index contributed by atoms with van der Waals surface area (Å²) < 4.78 is 10.3. The van der Waals surface area contributed by atoms with E-state index in [2.05, 4.69) is 15.8 Å². The van der Waals surface area contributed by atoms with E-state index in [1.54, 1.807) is 12.1 Å². The molecule has 0 radical (unpaired) electrons. The standard InChI is InChI=1S/C16H23N3O4/c1-9(8-13(20)14-6-5-7-22-14)17-16(21)18-10(2)15-11(3)19-23-12(15)4/h5-7,9-10,13,20H,8H2,1-4H3,(H2,17,18,21)/t9-,10-,13+/m0/s1. The second kappa shape index (κ2) is 7.32. The molecule has 0 spiro atoms. The van der Waals surface area contributed by atoms with Gasteiger partial charge in [0, 0.05) is 18.0 Å². The lowest BCUT2D eigenvalue weighted by Crippen LogP contribution is -2.42. The molecule has 0 saturated carbocycles. The molecule has 0 aromatic carbocycles. The Morgan fingerprint density at radius 1 is 1.35 bits per heavy atom. The summed E-state index contributed by atoms with van der Waals surface area (Å²) in [6, 6.07) is 2.68. The number of carbonyl (C=O) groups excluding carboxylic acids is 1. The molecule has 0 aliphatic heterocycles. The average Bonchev–Trinajstić information content (AvgIpc) is 3.08. The van der Waals surface area contributed by atoms with Crippen LogP contribution in [0.2, 0.25) is 0 Å². The van der Waals surface area contributed by atoms with Crippen molar-refractivity contribution >= 4 is 6.03 Å².